The van der Waals surface area contributed by atoms with Crippen LogP contribution in [0.5, 0.6) is 5.75 Å². The van der Waals surface area contributed by atoms with Gasteiger partial charge in [-0.2, -0.15) is 0 Å². The number of carbonyl (C=O) groups excluding carboxylic acids is 1. The Labute approximate surface area is 162 Å². The van der Waals surface area contributed by atoms with Gasteiger partial charge in [0.1, 0.15) is 16.5 Å². The molecule has 0 aliphatic carbocycles. The Balaban J connectivity index is 1.64. The van der Waals surface area contributed by atoms with Gasteiger partial charge in [0.25, 0.3) is 5.91 Å². The highest BCUT2D eigenvalue weighted by atomic mass is 32.1. The molecule has 7 heteroatoms. The summed E-state index contributed by atoms with van der Waals surface area (Å²) in [5.41, 5.74) is 1.42. The zero-order chi connectivity index (χ0) is 19.2. The van der Waals surface area contributed by atoms with Gasteiger partial charge in [-0.05, 0) is 56.4 Å². The molecule has 1 N–H and O–H groups in total. The predicted octanol–water partition coefficient (Wildman–Crippen LogP) is 3.93. The molecule has 1 aliphatic rings. The third-order valence-corrected chi connectivity index (χ3v) is 5.60. The Morgan fingerprint density at radius 3 is 2.81 bits per heavy atom. The van der Waals surface area contributed by atoms with E-state index in [1.807, 2.05) is 36.1 Å². The van der Waals surface area contributed by atoms with Crippen LogP contribution in [0.3, 0.4) is 0 Å². The number of carboxylic acids is 1. The number of ether oxygens (including phenoxy) is 1. The van der Waals surface area contributed by atoms with Crippen molar-refractivity contribution in [2.75, 3.05) is 19.7 Å². The van der Waals surface area contributed by atoms with Crippen molar-refractivity contribution in [3.63, 3.8) is 0 Å². The van der Waals surface area contributed by atoms with Gasteiger partial charge < -0.3 is 14.7 Å². The molecule has 0 bridgehead atoms. The molecule has 0 unspecified atom stereocenters. The van der Waals surface area contributed by atoms with Crippen LogP contribution in [-0.2, 0) is 4.79 Å². The third-order valence-electron chi connectivity index (χ3n) is 4.71. The van der Waals surface area contributed by atoms with Crippen LogP contribution in [0.25, 0.3) is 10.6 Å². The van der Waals surface area contributed by atoms with Gasteiger partial charge in [0, 0.05) is 30.5 Å². The minimum atomic E-state index is -0.780. The number of thiazole rings is 1. The molecule has 1 aromatic heterocycles. The maximum absolute atomic E-state index is 12.8. The summed E-state index contributed by atoms with van der Waals surface area (Å²) >= 11 is 1.45. The molecule has 1 amide bonds. The van der Waals surface area contributed by atoms with Crippen LogP contribution in [0.15, 0.2) is 29.6 Å². The van der Waals surface area contributed by atoms with Crippen LogP contribution in [0.2, 0.25) is 0 Å². The number of carbonyl (C=O) groups is 2. The molecule has 27 heavy (non-hydrogen) atoms. The van der Waals surface area contributed by atoms with Gasteiger partial charge >= 0.3 is 5.97 Å². The van der Waals surface area contributed by atoms with Crippen LogP contribution in [0.1, 0.15) is 43.1 Å². The Kier molecular flexibility index (Phi) is 6.45. The zero-order valence-electron chi connectivity index (χ0n) is 15.4. The third kappa shape index (κ3) is 5.07. The lowest BCUT2D eigenvalue weighted by Gasteiger charge is -2.32. The van der Waals surface area contributed by atoms with Crippen molar-refractivity contribution in [1.82, 2.24) is 9.88 Å². The molecule has 0 saturated carbocycles. The first-order valence-electron chi connectivity index (χ1n) is 9.26. The summed E-state index contributed by atoms with van der Waals surface area (Å²) in [4.78, 5) is 29.9. The van der Waals surface area contributed by atoms with E-state index < -0.39 is 5.97 Å². The van der Waals surface area contributed by atoms with E-state index in [4.69, 9.17) is 9.84 Å². The van der Waals surface area contributed by atoms with Crippen molar-refractivity contribution in [3.8, 4) is 16.3 Å². The molecule has 3 rings (SSSR count). The number of aromatic nitrogens is 1. The van der Waals surface area contributed by atoms with Crippen molar-refractivity contribution >= 4 is 23.2 Å². The summed E-state index contributed by atoms with van der Waals surface area (Å²) in [5.74, 6) is 0.222. The molecular weight excluding hydrogens is 364 g/mol. The highest BCUT2D eigenvalue weighted by molar-refractivity contribution is 7.13. The number of hydrogen-bond acceptors (Lipinski definition) is 5. The van der Waals surface area contributed by atoms with Gasteiger partial charge in [0.15, 0.2) is 0 Å². The van der Waals surface area contributed by atoms with Gasteiger partial charge in [-0.3, -0.25) is 9.59 Å². The molecule has 0 spiro atoms. The average Bonchev–Trinajstić information content (AvgIpc) is 3.17. The van der Waals surface area contributed by atoms with E-state index in [-0.39, 0.29) is 18.2 Å². The van der Waals surface area contributed by atoms with Crippen molar-refractivity contribution in [2.24, 2.45) is 5.92 Å². The van der Waals surface area contributed by atoms with Gasteiger partial charge in [0.05, 0.1) is 6.61 Å². The highest BCUT2D eigenvalue weighted by Crippen LogP contribution is 2.27. The number of carboxylic acid groups (broad SMARTS) is 1. The second-order valence-corrected chi connectivity index (χ2v) is 7.55. The van der Waals surface area contributed by atoms with Crippen LogP contribution in [0, 0.1) is 5.92 Å². The minimum Gasteiger partial charge on any atom is -0.494 e. The summed E-state index contributed by atoms with van der Waals surface area (Å²) in [6.45, 7) is 3.89. The first-order chi connectivity index (χ1) is 13.1. The van der Waals surface area contributed by atoms with Crippen LogP contribution in [-0.4, -0.2) is 46.6 Å². The standard InChI is InChI=1S/C20H24N2O4S/c1-2-26-16-8-6-15(7-9-16)19-21-17(13-27-19)20(25)22-11-3-4-14(12-22)5-10-18(23)24/h6-9,13-14H,2-5,10-12H2,1H3,(H,23,24)/t14-/m1/s1. The van der Waals surface area contributed by atoms with Gasteiger partial charge in [-0.15, -0.1) is 11.3 Å². The number of benzene rings is 1. The normalized spacial score (nSPS) is 16.9. The van der Waals surface area contributed by atoms with Crippen LogP contribution >= 0.6 is 11.3 Å². The first kappa shape index (κ1) is 19.4. The maximum atomic E-state index is 12.8. The van der Waals surface area contributed by atoms with Crippen molar-refractivity contribution < 1.29 is 19.4 Å². The average molecular weight is 388 g/mol. The second kappa shape index (κ2) is 8.99. The number of rotatable bonds is 7. The fourth-order valence-corrected chi connectivity index (χ4v) is 4.14. The topological polar surface area (TPSA) is 79.7 Å². The summed E-state index contributed by atoms with van der Waals surface area (Å²) in [6.07, 6.45) is 2.66. The second-order valence-electron chi connectivity index (χ2n) is 6.69. The number of hydrogen-bond donors (Lipinski definition) is 1. The van der Waals surface area contributed by atoms with E-state index in [1.54, 1.807) is 5.38 Å². The highest BCUT2D eigenvalue weighted by Gasteiger charge is 2.26. The number of amides is 1. The SMILES string of the molecule is CCOc1ccc(-c2nc(C(=O)N3CCC[C@H](CCC(=O)O)C3)cs2)cc1. The van der Waals surface area contributed by atoms with E-state index >= 15 is 0 Å². The largest absolute Gasteiger partial charge is 0.494 e. The van der Waals surface area contributed by atoms with E-state index in [1.165, 1.54) is 11.3 Å². The van der Waals surface area contributed by atoms with E-state index in [9.17, 15) is 9.59 Å². The molecule has 1 aromatic carbocycles. The summed E-state index contributed by atoms with van der Waals surface area (Å²) in [7, 11) is 0. The smallest absolute Gasteiger partial charge is 0.303 e. The number of likely N-dealkylation sites (tertiary alicyclic amines) is 1. The summed E-state index contributed by atoms with van der Waals surface area (Å²) in [5, 5.41) is 11.5. The zero-order valence-corrected chi connectivity index (χ0v) is 16.2. The van der Waals surface area contributed by atoms with Crippen LogP contribution < -0.4 is 4.74 Å². The molecule has 2 heterocycles. The molecule has 1 fully saturated rings. The van der Waals surface area contributed by atoms with Crippen molar-refractivity contribution in [1.29, 1.82) is 0 Å². The molecule has 6 nitrogen and oxygen atoms in total. The van der Waals surface area contributed by atoms with Crippen LogP contribution in [0.4, 0.5) is 0 Å². The maximum Gasteiger partial charge on any atom is 0.303 e. The van der Waals surface area contributed by atoms with E-state index in [0.717, 1.165) is 29.2 Å². The molecule has 1 saturated heterocycles. The fourth-order valence-electron chi connectivity index (χ4n) is 3.34. The quantitative estimate of drug-likeness (QED) is 0.777. The van der Waals surface area contributed by atoms with Crippen molar-refractivity contribution in [2.45, 2.75) is 32.6 Å². The number of aliphatic carboxylic acids is 1. The molecule has 0 radical (unpaired) electrons. The lowest BCUT2D eigenvalue weighted by Crippen LogP contribution is -2.40. The Morgan fingerprint density at radius 2 is 2.11 bits per heavy atom. The Morgan fingerprint density at radius 1 is 1.33 bits per heavy atom. The Hall–Kier alpha value is -2.41. The molecule has 1 atom stereocenters. The first-order valence-corrected chi connectivity index (χ1v) is 10.1. The van der Waals surface area contributed by atoms with E-state index in [2.05, 4.69) is 4.98 Å². The molecule has 2 aromatic rings. The molecular formula is C20H24N2O4S. The lowest BCUT2D eigenvalue weighted by atomic mass is 9.93. The van der Waals surface area contributed by atoms with Gasteiger partial charge in [0.2, 0.25) is 0 Å². The monoisotopic (exact) mass is 388 g/mol. The van der Waals surface area contributed by atoms with Gasteiger partial charge in [-0.25, -0.2) is 4.98 Å². The molecule has 144 valence electrons. The summed E-state index contributed by atoms with van der Waals surface area (Å²) < 4.78 is 5.45. The minimum absolute atomic E-state index is 0.0662. The number of piperidine rings is 1. The summed E-state index contributed by atoms with van der Waals surface area (Å²) in [6, 6.07) is 7.70. The fraction of sp³-hybridized carbons (Fsp3) is 0.450. The lowest BCUT2D eigenvalue weighted by molar-refractivity contribution is -0.137. The van der Waals surface area contributed by atoms with Crippen molar-refractivity contribution in [3.05, 3.63) is 35.3 Å². The Bertz CT molecular complexity index is 788. The van der Waals surface area contributed by atoms with E-state index in [0.29, 0.717) is 31.8 Å². The van der Waals surface area contributed by atoms with Gasteiger partial charge in [-0.1, -0.05) is 0 Å². The predicted molar refractivity (Wildman–Crippen MR) is 104 cm³/mol. The number of nitrogens with zero attached hydrogens (tertiary/aromatic N) is 2. The molecule has 1 aliphatic heterocycles.